The topological polar surface area (TPSA) is 84.6 Å². The molecule has 7 nitrogen and oxygen atoms in total. The maximum Gasteiger partial charge on any atom is 0.251 e. The van der Waals surface area contributed by atoms with E-state index in [2.05, 4.69) is 9.97 Å². The minimum Gasteiger partial charge on any atom is -0.383 e. The summed E-state index contributed by atoms with van der Waals surface area (Å²) in [6.45, 7) is 4.74. The number of benzene rings is 1. The third kappa shape index (κ3) is 3.05. The van der Waals surface area contributed by atoms with Crippen molar-refractivity contribution in [1.82, 2.24) is 14.9 Å². The highest BCUT2D eigenvalue weighted by Crippen LogP contribution is 2.25. The number of aryl methyl sites for hydroxylation is 1. The highest BCUT2D eigenvalue weighted by Gasteiger charge is 2.31. The molecule has 2 N–H and O–H groups in total. The molecule has 1 amide bonds. The molecule has 138 valence electrons. The molecule has 1 aromatic heterocycles. The van der Waals surface area contributed by atoms with Gasteiger partial charge in [-0.25, -0.2) is 9.37 Å². The van der Waals surface area contributed by atoms with E-state index in [0.29, 0.717) is 61.0 Å². The van der Waals surface area contributed by atoms with Gasteiger partial charge < -0.3 is 20.3 Å². The number of nitrogen functional groups attached to an aromatic ring is 1. The molecule has 2 aromatic rings. The fourth-order valence-corrected chi connectivity index (χ4v) is 3.51. The SMILES string of the molecule is Cc1cc2c(N)nc(N3CCN(C(=O)C4CCCO4)CC3)nc2cc1F. The van der Waals surface area contributed by atoms with Crippen molar-refractivity contribution >= 4 is 28.6 Å². The van der Waals surface area contributed by atoms with E-state index < -0.39 is 0 Å². The Labute approximate surface area is 150 Å². The number of fused-ring (bicyclic) bond motifs is 1. The Balaban J connectivity index is 1.50. The molecular formula is C18H22FN5O2. The van der Waals surface area contributed by atoms with Crippen LogP contribution in [0.1, 0.15) is 18.4 Å². The number of piperazine rings is 1. The number of anilines is 2. The second-order valence-corrected chi connectivity index (χ2v) is 6.84. The second-order valence-electron chi connectivity index (χ2n) is 6.84. The molecule has 2 aliphatic heterocycles. The summed E-state index contributed by atoms with van der Waals surface area (Å²) in [4.78, 5) is 25.1. The average molecular weight is 359 g/mol. The average Bonchev–Trinajstić information content (AvgIpc) is 3.17. The van der Waals surface area contributed by atoms with Crippen LogP contribution < -0.4 is 10.6 Å². The first-order valence-corrected chi connectivity index (χ1v) is 8.91. The largest absolute Gasteiger partial charge is 0.383 e. The fraction of sp³-hybridized carbons (Fsp3) is 0.500. The van der Waals surface area contributed by atoms with Crippen LogP contribution in [-0.2, 0) is 9.53 Å². The fourth-order valence-electron chi connectivity index (χ4n) is 3.51. The maximum atomic E-state index is 13.9. The van der Waals surface area contributed by atoms with E-state index in [1.54, 1.807) is 13.0 Å². The number of ether oxygens (including phenoxy) is 1. The van der Waals surface area contributed by atoms with Crippen LogP contribution in [0.4, 0.5) is 16.2 Å². The van der Waals surface area contributed by atoms with Crippen molar-refractivity contribution in [2.24, 2.45) is 0 Å². The molecule has 0 saturated carbocycles. The van der Waals surface area contributed by atoms with Gasteiger partial charge in [0, 0.05) is 44.2 Å². The van der Waals surface area contributed by atoms with Crippen LogP contribution in [0.5, 0.6) is 0 Å². The number of hydrogen-bond donors (Lipinski definition) is 1. The van der Waals surface area contributed by atoms with E-state index in [1.807, 2.05) is 9.80 Å². The number of nitrogens with zero attached hydrogens (tertiary/aromatic N) is 4. The molecule has 1 unspecified atom stereocenters. The summed E-state index contributed by atoms with van der Waals surface area (Å²) in [6.07, 6.45) is 1.45. The molecule has 1 atom stereocenters. The third-order valence-corrected chi connectivity index (χ3v) is 5.07. The summed E-state index contributed by atoms with van der Waals surface area (Å²) < 4.78 is 19.4. The number of carbonyl (C=O) groups is 1. The van der Waals surface area contributed by atoms with Gasteiger partial charge in [-0.3, -0.25) is 4.79 Å². The molecule has 3 heterocycles. The van der Waals surface area contributed by atoms with E-state index in [0.717, 1.165) is 12.8 Å². The quantitative estimate of drug-likeness (QED) is 0.874. The predicted octanol–water partition coefficient (Wildman–Crippen LogP) is 1.49. The molecule has 2 fully saturated rings. The molecule has 1 aromatic carbocycles. The number of rotatable bonds is 2. The smallest absolute Gasteiger partial charge is 0.251 e. The summed E-state index contributed by atoms with van der Waals surface area (Å²) in [5, 5.41) is 0.653. The zero-order chi connectivity index (χ0) is 18.3. The standard InChI is InChI=1S/C18H22FN5O2/c1-11-9-12-14(10-13(11)19)21-18(22-16(12)20)24-6-4-23(5-7-24)17(25)15-3-2-8-26-15/h9-10,15H,2-8H2,1H3,(H2,20,21,22). The highest BCUT2D eigenvalue weighted by molar-refractivity contribution is 5.89. The third-order valence-electron chi connectivity index (χ3n) is 5.07. The number of aromatic nitrogens is 2. The molecule has 2 saturated heterocycles. The van der Waals surface area contributed by atoms with Gasteiger partial charge >= 0.3 is 0 Å². The van der Waals surface area contributed by atoms with Crippen molar-refractivity contribution in [3.8, 4) is 0 Å². The number of carbonyl (C=O) groups excluding carboxylic acids is 1. The second kappa shape index (κ2) is 6.68. The van der Waals surface area contributed by atoms with Crippen molar-refractivity contribution in [1.29, 1.82) is 0 Å². The van der Waals surface area contributed by atoms with Crippen LogP contribution in [0.3, 0.4) is 0 Å². The van der Waals surface area contributed by atoms with Crippen molar-refractivity contribution in [2.75, 3.05) is 43.4 Å². The van der Waals surface area contributed by atoms with Crippen LogP contribution in [0, 0.1) is 12.7 Å². The highest BCUT2D eigenvalue weighted by atomic mass is 19.1. The Morgan fingerprint density at radius 3 is 2.73 bits per heavy atom. The van der Waals surface area contributed by atoms with Crippen molar-refractivity contribution in [2.45, 2.75) is 25.9 Å². The summed E-state index contributed by atoms with van der Waals surface area (Å²) in [5.74, 6) is 0.570. The summed E-state index contributed by atoms with van der Waals surface area (Å²) in [6, 6.07) is 3.06. The van der Waals surface area contributed by atoms with Crippen LogP contribution in [0.15, 0.2) is 12.1 Å². The van der Waals surface area contributed by atoms with E-state index in [-0.39, 0.29) is 17.8 Å². The number of halogens is 1. The summed E-state index contributed by atoms with van der Waals surface area (Å²) in [5.41, 5.74) is 7.07. The zero-order valence-electron chi connectivity index (χ0n) is 14.7. The molecule has 2 aliphatic rings. The summed E-state index contributed by atoms with van der Waals surface area (Å²) >= 11 is 0. The van der Waals surface area contributed by atoms with Gasteiger partial charge in [0.2, 0.25) is 5.95 Å². The van der Waals surface area contributed by atoms with Crippen molar-refractivity contribution in [3.63, 3.8) is 0 Å². The lowest BCUT2D eigenvalue weighted by molar-refractivity contribution is -0.141. The van der Waals surface area contributed by atoms with Crippen LogP contribution in [0.25, 0.3) is 10.9 Å². The Kier molecular flexibility index (Phi) is 4.36. The van der Waals surface area contributed by atoms with Gasteiger partial charge in [-0.2, -0.15) is 4.98 Å². The van der Waals surface area contributed by atoms with Crippen LogP contribution in [-0.4, -0.2) is 59.7 Å². The predicted molar refractivity (Wildman–Crippen MR) is 96.4 cm³/mol. The minimum atomic E-state index is -0.312. The van der Waals surface area contributed by atoms with Gasteiger partial charge in [-0.1, -0.05) is 0 Å². The maximum absolute atomic E-state index is 13.9. The van der Waals surface area contributed by atoms with E-state index in [9.17, 15) is 9.18 Å². The molecule has 4 rings (SSSR count). The Bertz CT molecular complexity index is 845. The number of nitrogens with two attached hydrogens (primary N) is 1. The minimum absolute atomic E-state index is 0.0682. The van der Waals surface area contributed by atoms with E-state index >= 15 is 0 Å². The van der Waals surface area contributed by atoms with Crippen LogP contribution in [0.2, 0.25) is 0 Å². The summed E-state index contributed by atoms with van der Waals surface area (Å²) in [7, 11) is 0. The first-order chi connectivity index (χ1) is 12.5. The van der Waals surface area contributed by atoms with Gasteiger partial charge in [-0.15, -0.1) is 0 Å². The van der Waals surface area contributed by atoms with Gasteiger partial charge in [0.05, 0.1) is 5.52 Å². The first kappa shape index (κ1) is 17.0. The lowest BCUT2D eigenvalue weighted by Crippen LogP contribution is -2.51. The van der Waals surface area contributed by atoms with Gasteiger partial charge in [0.15, 0.2) is 0 Å². The Morgan fingerprint density at radius 1 is 1.27 bits per heavy atom. The molecule has 0 spiro atoms. The van der Waals surface area contributed by atoms with Crippen LogP contribution >= 0.6 is 0 Å². The first-order valence-electron chi connectivity index (χ1n) is 8.91. The Hall–Kier alpha value is -2.48. The lowest BCUT2D eigenvalue weighted by Gasteiger charge is -2.35. The van der Waals surface area contributed by atoms with Crippen molar-refractivity contribution in [3.05, 3.63) is 23.5 Å². The van der Waals surface area contributed by atoms with Gasteiger partial charge in [-0.05, 0) is 31.4 Å². The molecule has 0 aliphatic carbocycles. The van der Waals surface area contributed by atoms with E-state index in [4.69, 9.17) is 10.5 Å². The normalized spacial score (nSPS) is 20.8. The van der Waals surface area contributed by atoms with Gasteiger partial charge in [0.25, 0.3) is 5.91 Å². The van der Waals surface area contributed by atoms with Crippen molar-refractivity contribution < 1.29 is 13.9 Å². The molecule has 0 radical (unpaired) electrons. The zero-order valence-corrected chi connectivity index (χ0v) is 14.7. The Morgan fingerprint density at radius 2 is 2.04 bits per heavy atom. The lowest BCUT2D eigenvalue weighted by atomic mass is 10.1. The molecule has 8 heteroatoms. The molecule has 0 bridgehead atoms. The van der Waals surface area contributed by atoms with Gasteiger partial charge in [0.1, 0.15) is 17.7 Å². The van der Waals surface area contributed by atoms with E-state index in [1.165, 1.54) is 6.07 Å². The molecular weight excluding hydrogens is 337 g/mol. The number of hydrogen-bond acceptors (Lipinski definition) is 6. The molecule has 26 heavy (non-hydrogen) atoms. The number of amides is 1. The monoisotopic (exact) mass is 359 g/mol.